The van der Waals surface area contributed by atoms with Gasteiger partial charge in [0.05, 0.1) is 12.1 Å². The van der Waals surface area contributed by atoms with Gasteiger partial charge in [0, 0.05) is 21.6 Å². The molecule has 0 bridgehead atoms. The Bertz CT molecular complexity index is 809. The first-order valence-electron chi connectivity index (χ1n) is 6.38. The van der Waals surface area contributed by atoms with Gasteiger partial charge in [0.2, 0.25) is 0 Å². The molecule has 0 unspecified atom stereocenters. The van der Waals surface area contributed by atoms with Crippen LogP contribution in [0.5, 0.6) is 5.88 Å². The summed E-state index contributed by atoms with van der Waals surface area (Å²) in [6, 6.07) is 11.9. The molecular formula is C16H12BrFN2O. The Labute approximate surface area is 129 Å². The van der Waals surface area contributed by atoms with E-state index in [0.717, 1.165) is 20.9 Å². The molecule has 0 aliphatic heterocycles. The van der Waals surface area contributed by atoms with Crippen LogP contribution in [-0.4, -0.2) is 16.3 Å². The van der Waals surface area contributed by atoms with Crippen molar-refractivity contribution in [3.05, 3.63) is 63.9 Å². The van der Waals surface area contributed by atoms with Crippen molar-refractivity contribution in [3.63, 3.8) is 0 Å². The number of fused-ring (bicyclic) bond motifs is 1. The Morgan fingerprint density at radius 2 is 1.95 bits per heavy atom. The van der Waals surface area contributed by atoms with Crippen LogP contribution in [0, 0.1) is 5.82 Å². The number of hydrogen-bond acceptors (Lipinski definition) is 2. The van der Waals surface area contributed by atoms with E-state index in [1.165, 1.54) is 12.1 Å². The van der Waals surface area contributed by atoms with E-state index in [0.29, 0.717) is 12.1 Å². The molecule has 0 aliphatic rings. The molecule has 106 valence electrons. The second-order valence-corrected chi connectivity index (χ2v) is 5.59. The van der Waals surface area contributed by atoms with Gasteiger partial charge in [0.25, 0.3) is 0 Å². The second kappa shape index (κ2) is 5.69. The van der Waals surface area contributed by atoms with E-state index in [1.54, 1.807) is 18.3 Å². The Morgan fingerprint density at radius 1 is 1.19 bits per heavy atom. The average Bonchev–Trinajstić information content (AvgIpc) is 2.77. The Balaban J connectivity index is 1.87. The molecule has 2 N–H and O–H groups in total. The molecule has 0 fully saturated rings. The number of rotatable bonds is 3. The Kier molecular flexibility index (Phi) is 3.75. The lowest BCUT2D eigenvalue weighted by Gasteiger charge is -1.97. The quantitative estimate of drug-likeness (QED) is 0.678. The van der Waals surface area contributed by atoms with Gasteiger partial charge in [-0.05, 0) is 35.9 Å². The molecule has 1 aromatic heterocycles. The Morgan fingerprint density at radius 3 is 2.71 bits per heavy atom. The number of aromatic nitrogens is 1. The molecule has 1 heterocycles. The molecule has 2 aromatic carbocycles. The average molecular weight is 347 g/mol. The molecule has 0 aliphatic carbocycles. The first-order chi connectivity index (χ1) is 10.1. The van der Waals surface area contributed by atoms with Crippen molar-refractivity contribution in [2.75, 3.05) is 0 Å². The van der Waals surface area contributed by atoms with E-state index in [1.807, 2.05) is 18.2 Å². The van der Waals surface area contributed by atoms with Gasteiger partial charge >= 0.3 is 0 Å². The molecule has 0 atom stereocenters. The van der Waals surface area contributed by atoms with Gasteiger partial charge in [-0.3, -0.25) is 4.99 Å². The van der Waals surface area contributed by atoms with Gasteiger partial charge < -0.3 is 10.1 Å². The number of benzene rings is 2. The van der Waals surface area contributed by atoms with E-state index >= 15 is 0 Å². The normalized spacial score (nSPS) is 11.5. The van der Waals surface area contributed by atoms with Crippen molar-refractivity contribution in [2.24, 2.45) is 4.99 Å². The highest BCUT2D eigenvalue weighted by atomic mass is 79.9. The topological polar surface area (TPSA) is 48.4 Å². The minimum Gasteiger partial charge on any atom is -0.494 e. The van der Waals surface area contributed by atoms with Crippen LogP contribution in [0.15, 0.2) is 51.9 Å². The molecule has 3 rings (SSSR count). The summed E-state index contributed by atoms with van der Waals surface area (Å²) in [6.07, 6.45) is 1.63. The lowest BCUT2D eigenvalue weighted by Crippen LogP contribution is -1.85. The van der Waals surface area contributed by atoms with Crippen molar-refractivity contribution in [3.8, 4) is 5.88 Å². The molecule has 0 spiro atoms. The number of nitrogens with zero attached hydrogens (tertiary/aromatic N) is 1. The lowest BCUT2D eigenvalue weighted by atomic mass is 10.2. The minimum atomic E-state index is -0.262. The largest absolute Gasteiger partial charge is 0.494 e. The predicted octanol–water partition coefficient (Wildman–Crippen LogP) is 4.39. The molecule has 3 nitrogen and oxygen atoms in total. The van der Waals surface area contributed by atoms with Crippen LogP contribution in [0.1, 0.15) is 11.1 Å². The number of nitrogens with one attached hydrogen (secondary N) is 1. The predicted molar refractivity (Wildman–Crippen MR) is 85.4 cm³/mol. The van der Waals surface area contributed by atoms with Gasteiger partial charge in [-0.15, -0.1) is 0 Å². The van der Waals surface area contributed by atoms with Crippen molar-refractivity contribution in [1.29, 1.82) is 0 Å². The van der Waals surface area contributed by atoms with Gasteiger partial charge in [-0.2, -0.15) is 0 Å². The summed E-state index contributed by atoms with van der Waals surface area (Å²) in [4.78, 5) is 7.22. The molecule has 0 saturated heterocycles. The van der Waals surface area contributed by atoms with E-state index < -0.39 is 0 Å². The van der Waals surface area contributed by atoms with E-state index in [-0.39, 0.29) is 11.7 Å². The first-order valence-corrected chi connectivity index (χ1v) is 7.17. The fourth-order valence-corrected chi connectivity index (χ4v) is 2.49. The third-order valence-electron chi connectivity index (χ3n) is 3.19. The van der Waals surface area contributed by atoms with Crippen LogP contribution in [0.4, 0.5) is 4.39 Å². The number of aliphatic imine (C=N–C) groups is 1. The molecule has 5 heteroatoms. The smallest absolute Gasteiger partial charge is 0.198 e. The van der Waals surface area contributed by atoms with E-state index in [2.05, 4.69) is 25.9 Å². The number of halogens is 2. The SMILES string of the molecule is Oc1[nH]c2ccc(Br)cc2c1C=NCc1ccc(F)cc1. The van der Waals surface area contributed by atoms with Crippen molar-refractivity contribution < 1.29 is 9.50 Å². The fraction of sp³-hybridized carbons (Fsp3) is 0.0625. The highest BCUT2D eigenvalue weighted by Crippen LogP contribution is 2.28. The van der Waals surface area contributed by atoms with E-state index in [9.17, 15) is 9.50 Å². The molecule has 3 aromatic rings. The molecule has 0 radical (unpaired) electrons. The fourth-order valence-electron chi connectivity index (χ4n) is 2.13. The van der Waals surface area contributed by atoms with Crippen molar-refractivity contribution in [1.82, 2.24) is 4.98 Å². The van der Waals surface area contributed by atoms with Crippen LogP contribution in [0.2, 0.25) is 0 Å². The van der Waals surface area contributed by atoms with Crippen LogP contribution in [-0.2, 0) is 6.54 Å². The molecule has 0 amide bonds. The van der Waals surface area contributed by atoms with Crippen LogP contribution >= 0.6 is 15.9 Å². The van der Waals surface area contributed by atoms with Crippen LogP contribution in [0.3, 0.4) is 0 Å². The van der Waals surface area contributed by atoms with Crippen LogP contribution in [0.25, 0.3) is 10.9 Å². The van der Waals surface area contributed by atoms with Crippen molar-refractivity contribution >= 4 is 33.0 Å². The monoisotopic (exact) mass is 346 g/mol. The minimum absolute atomic E-state index is 0.0888. The zero-order valence-corrected chi connectivity index (χ0v) is 12.6. The summed E-state index contributed by atoms with van der Waals surface area (Å²) in [5.74, 6) is -0.173. The van der Waals surface area contributed by atoms with Crippen molar-refractivity contribution in [2.45, 2.75) is 6.54 Å². The summed E-state index contributed by atoms with van der Waals surface area (Å²) in [5, 5.41) is 10.8. The third-order valence-corrected chi connectivity index (χ3v) is 3.68. The number of hydrogen-bond donors (Lipinski definition) is 2. The zero-order chi connectivity index (χ0) is 14.8. The first kappa shape index (κ1) is 13.8. The van der Waals surface area contributed by atoms with Gasteiger partial charge in [-0.25, -0.2) is 4.39 Å². The standard InChI is InChI=1S/C16H12BrFN2O/c17-11-3-6-15-13(7-11)14(16(21)20-15)9-19-8-10-1-4-12(18)5-2-10/h1-7,9,20-21H,8H2. The zero-order valence-electron chi connectivity index (χ0n) is 11.0. The number of aromatic hydroxyl groups is 1. The summed E-state index contributed by atoms with van der Waals surface area (Å²) in [7, 11) is 0. The lowest BCUT2D eigenvalue weighted by molar-refractivity contribution is 0.457. The molecule has 21 heavy (non-hydrogen) atoms. The maximum atomic E-state index is 12.8. The Hall–Kier alpha value is -2.14. The molecular weight excluding hydrogens is 335 g/mol. The maximum absolute atomic E-state index is 12.8. The third kappa shape index (κ3) is 2.97. The highest BCUT2D eigenvalue weighted by molar-refractivity contribution is 9.10. The highest BCUT2D eigenvalue weighted by Gasteiger charge is 2.08. The van der Waals surface area contributed by atoms with Gasteiger partial charge in [0.1, 0.15) is 5.82 Å². The summed E-state index contributed by atoms with van der Waals surface area (Å²) in [5.41, 5.74) is 2.40. The second-order valence-electron chi connectivity index (χ2n) is 4.67. The number of H-pyrrole nitrogens is 1. The molecule has 0 saturated carbocycles. The number of aromatic amines is 1. The summed E-state index contributed by atoms with van der Waals surface area (Å²) >= 11 is 3.41. The van der Waals surface area contributed by atoms with Crippen LogP contribution < -0.4 is 0 Å². The van der Waals surface area contributed by atoms with E-state index in [4.69, 9.17) is 0 Å². The maximum Gasteiger partial charge on any atom is 0.198 e. The summed E-state index contributed by atoms with van der Waals surface area (Å²) < 4.78 is 13.7. The van der Waals surface area contributed by atoms with Gasteiger partial charge in [-0.1, -0.05) is 28.1 Å². The van der Waals surface area contributed by atoms with Gasteiger partial charge in [0.15, 0.2) is 5.88 Å². The summed E-state index contributed by atoms with van der Waals surface area (Å²) in [6.45, 7) is 0.431.